The van der Waals surface area contributed by atoms with E-state index in [1.165, 1.54) is 10.4 Å². The number of alkyl halides is 1. The number of thiophene rings is 2. The van der Waals surface area contributed by atoms with Gasteiger partial charge in [0.25, 0.3) is 0 Å². The predicted molar refractivity (Wildman–Crippen MR) is 71.5 cm³/mol. The maximum absolute atomic E-state index is 5.62. The Balaban J connectivity index is 1.98. The first-order valence-corrected chi connectivity index (χ1v) is 7.59. The lowest BCUT2D eigenvalue weighted by Gasteiger charge is -1.99. The van der Waals surface area contributed by atoms with Gasteiger partial charge in [0.1, 0.15) is 0 Å². The van der Waals surface area contributed by atoms with E-state index in [-0.39, 0.29) is 0 Å². The van der Waals surface area contributed by atoms with Crippen LogP contribution < -0.4 is 4.74 Å². The van der Waals surface area contributed by atoms with Gasteiger partial charge in [-0.25, -0.2) is 0 Å². The topological polar surface area (TPSA) is 9.23 Å². The van der Waals surface area contributed by atoms with Crippen LogP contribution in [0.25, 0.3) is 10.4 Å². The number of rotatable bonds is 5. The number of halogens is 1. The van der Waals surface area contributed by atoms with Gasteiger partial charge in [0.05, 0.1) is 6.61 Å². The van der Waals surface area contributed by atoms with Crippen molar-refractivity contribution in [3.05, 3.63) is 29.0 Å². The van der Waals surface area contributed by atoms with Crippen molar-refractivity contribution < 1.29 is 4.74 Å². The molecule has 0 radical (unpaired) electrons. The zero-order valence-corrected chi connectivity index (χ0v) is 11.3. The molecule has 2 aromatic rings. The smallest absolute Gasteiger partial charge is 0.174 e. The Morgan fingerprint density at radius 1 is 1.27 bits per heavy atom. The van der Waals surface area contributed by atoms with E-state index in [0.717, 1.165) is 23.4 Å². The minimum atomic E-state index is 0.787. The van der Waals surface area contributed by atoms with Gasteiger partial charge in [-0.1, -0.05) is 27.3 Å². The molecule has 0 bridgehead atoms. The molecule has 0 unspecified atom stereocenters. The van der Waals surface area contributed by atoms with Crippen LogP contribution in [0.5, 0.6) is 5.06 Å². The highest BCUT2D eigenvalue weighted by Gasteiger charge is 2.03. The van der Waals surface area contributed by atoms with Crippen LogP contribution in [0.4, 0.5) is 0 Å². The standard InChI is InChI=1S/C11H11BrOS2/c12-5-1-6-13-11-3-2-10(15-11)9-4-7-14-8-9/h2-4,7-8H,1,5-6H2. The average molecular weight is 303 g/mol. The Morgan fingerprint density at radius 3 is 2.93 bits per heavy atom. The van der Waals surface area contributed by atoms with Gasteiger partial charge in [-0.05, 0) is 35.4 Å². The van der Waals surface area contributed by atoms with Crippen LogP contribution in [0.2, 0.25) is 0 Å². The summed E-state index contributed by atoms with van der Waals surface area (Å²) in [4.78, 5) is 1.28. The van der Waals surface area contributed by atoms with Gasteiger partial charge in [-0.15, -0.1) is 0 Å². The Morgan fingerprint density at radius 2 is 2.20 bits per heavy atom. The molecule has 0 aliphatic rings. The first-order valence-electron chi connectivity index (χ1n) is 4.71. The number of hydrogen-bond acceptors (Lipinski definition) is 3. The van der Waals surface area contributed by atoms with E-state index in [4.69, 9.17) is 4.74 Å². The highest BCUT2D eigenvalue weighted by Crippen LogP contribution is 2.33. The third kappa shape index (κ3) is 3.06. The first-order chi connectivity index (χ1) is 7.40. The second-order valence-electron chi connectivity index (χ2n) is 3.02. The molecule has 0 amide bonds. The Labute approximate surface area is 106 Å². The fourth-order valence-electron chi connectivity index (χ4n) is 1.18. The van der Waals surface area contributed by atoms with E-state index >= 15 is 0 Å². The minimum Gasteiger partial charge on any atom is -0.484 e. The lowest BCUT2D eigenvalue weighted by atomic mass is 10.3. The quantitative estimate of drug-likeness (QED) is 0.577. The summed E-state index contributed by atoms with van der Waals surface area (Å²) in [5, 5.41) is 6.27. The second-order valence-corrected chi connectivity index (χ2v) is 5.64. The summed E-state index contributed by atoms with van der Waals surface area (Å²) >= 11 is 6.82. The molecule has 0 atom stereocenters. The van der Waals surface area contributed by atoms with Gasteiger partial charge < -0.3 is 4.74 Å². The molecule has 2 heterocycles. The normalized spacial score (nSPS) is 10.5. The van der Waals surface area contributed by atoms with E-state index in [0.29, 0.717) is 0 Å². The van der Waals surface area contributed by atoms with Crippen molar-refractivity contribution in [2.45, 2.75) is 6.42 Å². The molecular weight excluding hydrogens is 292 g/mol. The van der Waals surface area contributed by atoms with Crippen molar-refractivity contribution in [3.63, 3.8) is 0 Å². The third-order valence-electron chi connectivity index (χ3n) is 1.91. The van der Waals surface area contributed by atoms with Crippen LogP contribution in [-0.2, 0) is 0 Å². The molecule has 0 fully saturated rings. The predicted octanol–water partition coefficient (Wildman–Crippen LogP) is 4.64. The van der Waals surface area contributed by atoms with Crippen molar-refractivity contribution in [3.8, 4) is 15.5 Å². The van der Waals surface area contributed by atoms with Crippen LogP contribution in [-0.4, -0.2) is 11.9 Å². The third-order valence-corrected chi connectivity index (χ3v) is 4.20. The van der Waals surface area contributed by atoms with Crippen LogP contribution in [0.15, 0.2) is 29.0 Å². The molecule has 1 nitrogen and oxygen atoms in total. The summed E-state index contributed by atoms with van der Waals surface area (Å²) in [6, 6.07) is 6.31. The molecule has 0 aliphatic carbocycles. The van der Waals surface area contributed by atoms with Crippen molar-refractivity contribution >= 4 is 38.6 Å². The summed E-state index contributed by atoms with van der Waals surface area (Å²) in [6.07, 6.45) is 1.05. The molecule has 0 aliphatic heterocycles. The highest BCUT2D eigenvalue weighted by molar-refractivity contribution is 9.09. The maximum Gasteiger partial charge on any atom is 0.174 e. The Hall–Kier alpha value is -0.320. The van der Waals surface area contributed by atoms with E-state index in [1.807, 2.05) is 6.07 Å². The molecule has 80 valence electrons. The molecule has 0 saturated carbocycles. The van der Waals surface area contributed by atoms with E-state index in [1.54, 1.807) is 22.7 Å². The fraction of sp³-hybridized carbons (Fsp3) is 0.273. The molecule has 2 rings (SSSR count). The van der Waals surface area contributed by atoms with Crippen molar-refractivity contribution in [2.75, 3.05) is 11.9 Å². The Bertz CT molecular complexity index is 394. The van der Waals surface area contributed by atoms with Gasteiger partial charge in [0.15, 0.2) is 5.06 Å². The van der Waals surface area contributed by atoms with Gasteiger partial charge in [-0.2, -0.15) is 11.3 Å². The molecule has 0 N–H and O–H groups in total. The van der Waals surface area contributed by atoms with Crippen molar-refractivity contribution in [1.82, 2.24) is 0 Å². The fourth-order valence-corrected chi connectivity index (χ4v) is 3.02. The van der Waals surface area contributed by atoms with E-state index in [2.05, 4.69) is 38.8 Å². The zero-order chi connectivity index (χ0) is 10.5. The number of ether oxygens (including phenoxy) is 1. The Kier molecular flexibility index (Phi) is 4.23. The summed E-state index contributed by atoms with van der Waals surface area (Å²) in [5.41, 5.74) is 1.29. The molecule has 4 heteroatoms. The zero-order valence-electron chi connectivity index (χ0n) is 8.11. The molecule has 2 aromatic heterocycles. The van der Waals surface area contributed by atoms with Crippen molar-refractivity contribution in [2.24, 2.45) is 0 Å². The second kappa shape index (κ2) is 5.68. The van der Waals surface area contributed by atoms with Crippen molar-refractivity contribution in [1.29, 1.82) is 0 Å². The van der Waals surface area contributed by atoms with Gasteiger partial charge in [0, 0.05) is 15.8 Å². The van der Waals surface area contributed by atoms with Gasteiger partial charge >= 0.3 is 0 Å². The molecule has 0 spiro atoms. The summed E-state index contributed by atoms with van der Waals surface area (Å²) in [6.45, 7) is 0.787. The van der Waals surface area contributed by atoms with Crippen LogP contribution in [0.3, 0.4) is 0 Å². The molecular formula is C11H11BrOS2. The SMILES string of the molecule is BrCCCOc1ccc(-c2ccsc2)s1. The van der Waals surface area contributed by atoms with Crippen LogP contribution in [0.1, 0.15) is 6.42 Å². The summed E-state index contributed by atoms with van der Waals surface area (Å²) < 4.78 is 5.62. The summed E-state index contributed by atoms with van der Waals surface area (Å²) in [5.74, 6) is 0. The molecule has 0 saturated heterocycles. The lowest BCUT2D eigenvalue weighted by molar-refractivity contribution is 0.328. The monoisotopic (exact) mass is 302 g/mol. The number of hydrogen-bond donors (Lipinski definition) is 0. The minimum absolute atomic E-state index is 0.787. The average Bonchev–Trinajstić information content (AvgIpc) is 2.87. The van der Waals surface area contributed by atoms with E-state index < -0.39 is 0 Å². The largest absolute Gasteiger partial charge is 0.484 e. The van der Waals surface area contributed by atoms with Crippen LogP contribution in [0, 0.1) is 0 Å². The highest BCUT2D eigenvalue weighted by atomic mass is 79.9. The van der Waals surface area contributed by atoms with Gasteiger partial charge in [0.2, 0.25) is 0 Å². The molecule has 0 aromatic carbocycles. The molecule has 15 heavy (non-hydrogen) atoms. The lowest BCUT2D eigenvalue weighted by Crippen LogP contribution is -1.95. The van der Waals surface area contributed by atoms with Crippen LogP contribution >= 0.6 is 38.6 Å². The first kappa shape index (κ1) is 11.2. The maximum atomic E-state index is 5.62. The summed E-state index contributed by atoms with van der Waals surface area (Å²) in [7, 11) is 0. The van der Waals surface area contributed by atoms with Gasteiger partial charge in [-0.3, -0.25) is 0 Å². The van der Waals surface area contributed by atoms with E-state index in [9.17, 15) is 0 Å².